The number of nitrogens with zero attached hydrogens (tertiary/aromatic N) is 2. The maximum atomic E-state index is 12.4. The fourth-order valence-electron chi connectivity index (χ4n) is 3.47. The average molecular weight is 374 g/mol. The zero-order valence-electron chi connectivity index (χ0n) is 15.7. The van der Waals surface area contributed by atoms with Gasteiger partial charge in [-0.25, -0.2) is 4.79 Å². The van der Waals surface area contributed by atoms with Crippen LogP contribution in [0.4, 0.5) is 5.69 Å². The van der Waals surface area contributed by atoms with Crippen LogP contribution >= 0.6 is 0 Å². The molecule has 2 amide bonds. The van der Waals surface area contributed by atoms with E-state index in [2.05, 4.69) is 0 Å². The van der Waals surface area contributed by atoms with Crippen molar-refractivity contribution in [1.82, 2.24) is 4.90 Å². The van der Waals surface area contributed by atoms with E-state index < -0.39 is 12.1 Å². The van der Waals surface area contributed by atoms with E-state index in [1.807, 2.05) is 0 Å². The first-order chi connectivity index (χ1) is 13.1. The maximum absolute atomic E-state index is 12.4. The van der Waals surface area contributed by atoms with Crippen LogP contribution in [0.3, 0.4) is 0 Å². The first-order valence-corrected chi connectivity index (χ1v) is 9.54. The third kappa shape index (κ3) is 4.78. The molecular weight excluding hydrogens is 348 g/mol. The van der Waals surface area contributed by atoms with Crippen molar-refractivity contribution >= 4 is 23.5 Å². The van der Waals surface area contributed by atoms with Crippen LogP contribution in [-0.4, -0.2) is 55.0 Å². The van der Waals surface area contributed by atoms with Gasteiger partial charge in [-0.2, -0.15) is 0 Å². The lowest BCUT2D eigenvalue weighted by atomic mass is 10.1. The molecule has 0 radical (unpaired) electrons. The number of para-hydroxylation sites is 2. The molecule has 3 rings (SSSR count). The van der Waals surface area contributed by atoms with Gasteiger partial charge < -0.3 is 19.3 Å². The molecule has 7 nitrogen and oxygen atoms in total. The number of ether oxygens (including phenoxy) is 2. The second kappa shape index (κ2) is 8.88. The molecule has 27 heavy (non-hydrogen) atoms. The minimum atomic E-state index is -0.941. The van der Waals surface area contributed by atoms with E-state index in [0.29, 0.717) is 24.5 Å². The summed E-state index contributed by atoms with van der Waals surface area (Å²) in [5.41, 5.74) is 0.630. The molecule has 0 spiro atoms. The summed E-state index contributed by atoms with van der Waals surface area (Å²) in [4.78, 5) is 40.0. The van der Waals surface area contributed by atoms with E-state index in [4.69, 9.17) is 9.47 Å². The molecule has 1 aromatic carbocycles. The molecule has 1 atom stereocenters. The van der Waals surface area contributed by atoms with Crippen LogP contribution in [0.2, 0.25) is 0 Å². The number of amides is 2. The van der Waals surface area contributed by atoms with Crippen LogP contribution in [0.1, 0.15) is 39.0 Å². The van der Waals surface area contributed by atoms with Gasteiger partial charge in [-0.1, -0.05) is 31.4 Å². The molecule has 1 aromatic rings. The third-order valence-electron chi connectivity index (χ3n) is 4.96. The lowest BCUT2D eigenvalue weighted by Crippen LogP contribution is -2.47. The number of carbonyl (C=O) groups is 3. The zero-order valence-corrected chi connectivity index (χ0v) is 15.7. The first-order valence-electron chi connectivity index (χ1n) is 9.54. The summed E-state index contributed by atoms with van der Waals surface area (Å²) in [6.45, 7) is 2.64. The predicted octanol–water partition coefficient (Wildman–Crippen LogP) is 2.14. The molecule has 2 heterocycles. The van der Waals surface area contributed by atoms with Gasteiger partial charge >= 0.3 is 5.97 Å². The van der Waals surface area contributed by atoms with Gasteiger partial charge in [0.15, 0.2) is 6.61 Å². The van der Waals surface area contributed by atoms with Crippen LogP contribution in [0, 0.1) is 0 Å². The van der Waals surface area contributed by atoms with Crippen LogP contribution in [0.25, 0.3) is 0 Å². The van der Waals surface area contributed by atoms with Crippen LogP contribution in [-0.2, 0) is 19.1 Å². The number of benzene rings is 1. The summed E-state index contributed by atoms with van der Waals surface area (Å²) in [5.74, 6) is -0.530. The molecule has 1 saturated heterocycles. The molecule has 1 fully saturated rings. The number of carbonyl (C=O) groups excluding carboxylic acids is 3. The van der Waals surface area contributed by atoms with Gasteiger partial charge in [0.25, 0.3) is 5.91 Å². The van der Waals surface area contributed by atoms with Crippen molar-refractivity contribution in [1.29, 1.82) is 0 Å². The Morgan fingerprint density at radius 1 is 1.07 bits per heavy atom. The second-order valence-corrected chi connectivity index (χ2v) is 6.96. The number of likely N-dealkylation sites (tertiary alicyclic amines) is 1. The van der Waals surface area contributed by atoms with E-state index >= 15 is 0 Å². The lowest BCUT2D eigenvalue weighted by Gasteiger charge is -2.33. The van der Waals surface area contributed by atoms with E-state index in [9.17, 15) is 14.4 Å². The summed E-state index contributed by atoms with van der Waals surface area (Å²) in [6.07, 6.45) is 4.49. The number of rotatable bonds is 3. The normalized spacial score (nSPS) is 20.0. The maximum Gasteiger partial charge on any atom is 0.349 e. The van der Waals surface area contributed by atoms with E-state index in [0.717, 1.165) is 25.7 Å². The lowest BCUT2D eigenvalue weighted by molar-refractivity contribution is -0.158. The highest BCUT2D eigenvalue weighted by Gasteiger charge is 2.34. The van der Waals surface area contributed by atoms with Crippen molar-refractivity contribution in [3.8, 4) is 5.75 Å². The Morgan fingerprint density at radius 3 is 2.44 bits per heavy atom. The highest BCUT2D eigenvalue weighted by atomic mass is 16.6. The summed E-state index contributed by atoms with van der Waals surface area (Å²) in [7, 11) is 0. The molecule has 0 aromatic heterocycles. The van der Waals surface area contributed by atoms with Crippen molar-refractivity contribution < 1.29 is 23.9 Å². The number of fused-ring (bicyclic) bond motifs is 1. The number of anilines is 1. The fourth-order valence-corrected chi connectivity index (χ4v) is 3.47. The van der Waals surface area contributed by atoms with Gasteiger partial charge in [0.05, 0.1) is 12.2 Å². The minimum absolute atomic E-state index is 0.0725. The average Bonchev–Trinajstić information content (AvgIpc) is 2.64. The van der Waals surface area contributed by atoms with Crippen molar-refractivity contribution in [3.05, 3.63) is 24.3 Å². The van der Waals surface area contributed by atoms with Crippen LogP contribution in [0.15, 0.2) is 24.3 Å². The van der Waals surface area contributed by atoms with E-state index in [1.165, 1.54) is 18.2 Å². The molecular formula is C20H26N2O5. The highest BCUT2D eigenvalue weighted by Crippen LogP contribution is 2.33. The predicted molar refractivity (Wildman–Crippen MR) is 99.5 cm³/mol. The zero-order chi connectivity index (χ0) is 19.2. The summed E-state index contributed by atoms with van der Waals surface area (Å²) >= 11 is 0. The topological polar surface area (TPSA) is 76.2 Å². The van der Waals surface area contributed by atoms with Crippen molar-refractivity contribution in [2.45, 2.75) is 45.1 Å². The molecule has 0 N–H and O–H groups in total. The second-order valence-electron chi connectivity index (χ2n) is 6.96. The Morgan fingerprint density at radius 2 is 1.74 bits per heavy atom. The summed E-state index contributed by atoms with van der Waals surface area (Å²) in [5, 5.41) is 0. The van der Waals surface area contributed by atoms with Crippen LogP contribution in [0.5, 0.6) is 5.75 Å². The fraction of sp³-hybridized carbons (Fsp3) is 0.550. The van der Waals surface area contributed by atoms with Gasteiger partial charge in [-0.3, -0.25) is 9.59 Å². The molecule has 0 unspecified atom stereocenters. The van der Waals surface area contributed by atoms with Gasteiger partial charge in [-0.15, -0.1) is 0 Å². The SMILES string of the molecule is CC(=O)N1C[C@@H](C(=O)OCC(=O)N2CCCCCCC2)Oc2ccccc21. The molecule has 146 valence electrons. The molecule has 2 aliphatic heterocycles. The largest absolute Gasteiger partial charge is 0.475 e. The van der Waals surface area contributed by atoms with Crippen LogP contribution < -0.4 is 9.64 Å². The summed E-state index contributed by atoms with van der Waals surface area (Å²) < 4.78 is 10.9. The third-order valence-corrected chi connectivity index (χ3v) is 4.96. The Hall–Kier alpha value is -2.57. The van der Waals surface area contributed by atoms with Gasteiger partial charge in [-0.05, 0) is 25.0 Å². The number of hydrogen-bond donors (Lipinski definition) is 0. The van der Waals surface area contributed by atoms with Gasteiger partial charge in [0.1, 0.15) is 5.75 Å². The van der Waals surface area contributed by atoms with E-state index in [-0.39, 0.29) is 25.0 Å². The smallest absolute Gasteiger partial charge is 0.349 e. The first kappa shape index (κ1) is 19.2. The molecule has 0 aliphatic carbocycles. The van der Waals surface area contributed by atoms with Crippen molar-refractivity contribution in [3.63, 3.8) is 0 Å². The Kier molecular flexibility index (Phi) is 6.32. The summed E-state index contributed by atoms with van der Waals surface area (Å²) in [6, 6.07) is 7.05. The molecule has 0 bridgehead atoms. The quantitative estimate of drug-likeness (QED) is 0.758. The molecule has 7 heteroatoms. The standard InChI is InChI=1S/C20H26N2O5/c1-15(23)22-13-18(27-17-10-6-5-9-16(17)22)20(25)26-14-19(24)21-11-7-3-2-4-8-12-21/h5-6,9-10,18H,2-4,7-8,11-14H2,1H3/t18-/m0/s1. The molecule has 2 aliphatic rings. The van der Waals surface area contributed by atoms with Crippen molar-refractivity contribution in [2.75, 3.05) is 31.1 Å². The van der Waals surface area contributed by atoms with Gasteiger partial charge in [0, 0.05) is 20.0 Å². The monoisotopic (exact) mass is 374 g/mol. The Balaban J connectivity index is 1.58. The Labute approximate surface area is 159 Å². The minimum Gasteiger partial charge on any atom is -0.475 e. The van der Waals surface area contributed by atoms with E-state index in [1.54, 1.807) is 29.2 Å². The number of hydrogen-bond acceptors (Lipinski definition) is 5. The number of esters is 1. The Bertz CT molecular complexity index is 697. The molecule has 0 saturated carbocycles. The van der Waals surface area contributed by atoms with Crippen molar-refractivity contribution in [2.24, 2.45) is 0 Å². The highest BCUT2D eigenvalue weighted by molar-refractivity contribution is 5.95. The van der Waals surface area contributed by atoms with Gasteiger partial charge in [0.2, 0.25) is 12.0 Å².